The Labute approximate surface area is 147 Å². The van der Waals surface area contributed by atoms with Crippen LogP contribution in [-0.2, 0) is 9.59 Å². The molecule has 5 nitrogen and oxygen atoms in total. The average molecular weight is 360 g/mol. The first-order chi connectivity index (χ1) is 11.0. The van der Waals surface area contributed by atoms with Crippen LogP contribution in [0.4, 0.5) is 5.69 Å². The number of carbonyl (C=O) groups excluding carboxylic acids is 2. The van der Waals surface area contributed by atoms with Crippen LogP contribution in [0.5, 0.6) is 0 Å². The van der Waals surface area contributed by atoms with Crippen LogP contribution in [-0.4, -0.2) is 42.9 Å². The monoisotopic (exact) mass is 359 g/mol. The van der Waals surface area contributed by atoms with E-state index in [0.29, 0.717) is 28.8 Å². The molecule has 7 heteroatoms. The van der Waals surface area contributed by atoms with Gasteiger partial charge in [0.2, 0.25) is 11.8 Å². The lowest BCUT2D eigenvalue weighted by molar-refractivity contribution is -0.123. The lowest BCUT2D eigenvalue weighted by Gasteiger charge is -2.20. The van der Waals surface area contributed by atoms with Crippen molar-refractivity contribution < 1.29 is 9.59 Å². The first kappa shape index (κ1) is 19.7. The number of hydrogen-bond acceptors (Lipinski definition) is 3. The molecule has 0 aromatic heterocycles. The number of amides is 2. The maximum absolute atomic E-state index is 12.1. The van der Waals surface area contributed by atoms with E-state index in [2.05, 4.69) is 10.6 Å². The van der Waals surface area contributed by atoms with Gasteiger partial charge in [-0.05, 0) is 37.6 Å². The van der Waals surface area contributed by atoms with Crippen LogP contribution in [0.2, 0.25) is 10.0 Å². The van der Waals surface area contributed by atoms with Crippen LogP contribution >= 0.6 is 23.2 Å². The van der Waals surface area contributed by atoms with Crippen LogP contribution in [0, 0.1) is 0 Å². The second-order valence-corrected chi connectivity index (χ2v) is 6.05. The molecule has 23 heavy (non-hydrogen) atoms. The van der Waals surface area contributed by atoms with Crippen LogP contribution in [0.1, 0.15) is 26.7 Å². The Kier molecular flexibility index (Phi) is 8.99. The maximum Gasteiger partial charge on any atom is 0.238 e. The second kappa shape index (κ2) is 10.5. The minimum Gasteiger partial charge on any atom is -0.355 e. The third-order valence-corrected chi connectivity index (χ3v) is 3.79. The Hall–Kier alpha value is -1.30. The van der Waals surface area contributed by atoms with Crippen LogP contribution in [0.25, 0.3) is 0 Å². The van der Waals surface area contributed by atoms with Crippen molar-refractivity contribution in [1.29, 1.82) is 0 Å². The zero-order chi connectivity index (χ0) is 17.2. The molecule has 0 saturated heterocycles. The molecule has 0 heterocycles. The van der Waals surface area contributed by atoms with Crippen molar-refractivity contribution in [3.05, 3.63) is 28.2 Å². The SMILES string of the molecule is CCCNC(=O)CN(CCC)CC(=O)Nc1ccc(Cl)c(Cl)c1. The fraction of sp³-hybridized carbons (Fsp3) is 0.500. The summed E-state index contributed by atoms with van der Waals surface area (Å²) in [7, 11) is 0. The summed E-state index contributed by atoms with van der Waals surface area (Å²) in [5.41, 5.74) is 0.580. The third-order valence-electron chi connectivity index (χ3n) is 3.05. The highest BCUT2D eigenvalue weighted by molar-refractivity contribution is 6.42. The lowest BCUT2D eigenvalue weighted by Crippen LogP contribution is -2.41. The van der Waals surface area contributed by atoms with E-state index >= 15 is 0 Å². The molecule has 0 atom stereocenters. The van der Waals surface area contributed by atoms with Gasteiger partial charge in [-0.2, -0.15) is 0 Å². The number of rotatable bonds is 9. The number of anilines is 1. The largest absolute Gasteiger partial charge is 0.355 e. The van der Waals surface area contributed by atoms with Gasteiger partial charge in [0.15, 0.2) is 0 Å². The van der Waals surface area contributed by atoms with Crippen molar-refractivity contribution in [1.82, 2.24) is 10.2 Å². The van der Waals surface area contributed by atoms with E-state index < -0.39 is 0 Å². The fourth-order valence-corrected chi connectivity index (χ4v) is 2.33. The van der Waals surface area contributed by atoms with Gasteiger partial charge >= 0.3 is 0 Å². The van der Waals surface area contributed by atoms with Gasteiger partial charge in [0.25, 0.3) is 0 Å². The van der Waals surface area contributed by atoms with Crippen molar-refractivity contribution >= 4 is 40.7 Å². The molecule has 128 valence electrons. The van der Waals surface area contributed by atoms with Gasteiger partial charge in [0.1, 0.15) is 0 Å². The Morgan fingerprint density at radius 2 is 1.74 bits per heavy atom. The number of nitrogens with zero attached hydrogens (tertiary/aromatic N) is 1. The average Bonchev–Trinajstić information content (AvgIpc) is 2.49. The highest BCUT2D eigenvalue weighted by Gasteiger charge is 2.14. The molecule has 1 aromatic rings. The van der Waals surface area contributed by atoms with Crippen molar-refractivity contribution in [2.75, 3.05) is 31.5 Å². The minimum atomic E-state index is -0.194. The molecular formula is C16H23Cl2N3O2. The molecule has 0 unspecified atom stereocenters. The smallest absolute Gasteiger partial charge is 0.238 e. The van der Waals surface area contributed by atoms with Crippen molar-refractivity contribution in [2.45, 2.75) is 26.7 Å². The standard InChI is InChI=1S/C16H23Cl2N3O2/c1-3-7-19-15(22)10-21(8-4-2)11-16(23)20-12-5-6-13(17)14(18)9-12/h5-6,9H,3-4,7-8,10-11H2,1-2H3,(H,19,22)(H,20,23). The molecule has 2 N–H and O–H groups in total. The first-order valence-corrected chi connectivity index (χ1v) is 8.45. The van der Waals surface area contributed by atoms with E-state index in [9.17, 15) is 9.59 Å². The normalized spacial score (nSPS) is 10.7. The third kappa shape index (κ3) is 7.68. The van der Waals surface area contributed by atoms with E-state index in [-0.39, 0.29) is 24.9 Å². The molecule has 0 aliphatic carbocycles. The zero-order valence-electron chi connectivity index (χ0n) is 13.5. The predicted octanol–water partition coefficient (Wildman–Crippen LogP) is 3.17. The second-order valence-electron chi connectivity index (χ2n) is 5.24. The minimum absolute atomic E-state index is 0.0670. The van der Waals surface area contributed by atoms with Gasteiger partial charge in [0, 0.05) is 12.2 Å². The predicted molar refractivity (Wildman–Crippen MR) is 95.1 cm³/mol. The van der Waals surface area contributed by atoms with Crippen LogP contribution in [0.3, 0.4) is 0 Å². The van der Waals surface area contributed by atoms with Gasteiger partial charge in [-0.15, -0.1) is 0 Å². The number of halogens is 2. The molecule has 0 fully saturated rings. The van der Waals surface area contributed by atoms with Crippen molar-refractivity contribution in [3.8, 4) is 0 Å². The highest BCUT2D eigenvalue weighted by atomic mass is 35.5. The quantitative estimate of drug-likeness (QED) is 0.711. The highest BCUT2D eigenvalue weighted by Crippen LogP contribution is 2.24. The summed E-state index contributed by atoms with van der Waals surface area (Å²) < 4.78 is 0. The molecule has 0 saturated carbocycles. The molecule has 0 bridgehead atoms. The Morgan fingerprint density at radius 3 is 2.35 bits per heavy atom. The number of benzene rings is 1. The molecule has 1 aromatic carbocycles. The number of carbonyl (C=O) groups is 2. The van der Waals surface area contributed by atoms with Gasteiger partial charge in [-0.1, -0.05) is 37.0 Å². The summed E-state index contributed by atoms with van der Waals surface area (Å²) in [5.74, 6) is -0.261. The molecule has 0 aliphatic rings. The van der Waals surface area contributed by atoms with Gasteiger partial charge in [-0.3, -0.25) is 14.5 Å². The maximum atomic E-state index is 12.1. The Balaban J connectivity index is 2.55. The van der Waals surface area contributed by atoms with E-state index in [0.717, 1.165) is 12.8 Å². The van der Waals surface area contributed by atoms with E-state index in [1.54, 1.807) is 18.2 Å². The van der Waals surface area contributed by atoms with E-state index in [1.165, 1.54) is 0 Å². The Bertz CT molecular complexity index is 538. The fourth-order valence-electron chi connectivity index (χ4n) is 2.03. The Morgan fingerprint density at radius 1 is 1.04 bits per heavy atom. The summed E-state index contributed by atoms with van der Waals surface area (Å²) in [5, 5.41) is 6.39. The zero-order valence-corrected chi connectivity index (χ0v) is 15.0. The van der Waals surface area contributed by atoms with Gasteiger partial charge in [0.05, 0.1) is 23.1 Å². The van der Waals surface area contributed by atoms with Gasteiger partial charge < -0.3 is 10.6 Å². The molecule has 0 spiro atoms. The van der Waals surface area contributed by atoms with E-state index in [1.807, 2.05) is 18.7 Å². The number of hydrogen-bond donors (Lipinski definition) is 2. The number of nitrogens with one attached hydrogen (secondary N) is 2. The lowest BCUT2D eigenvalue weighted by atomic mass is 10.3. The van der Waals surface area contributed by atoms with Crippen molar-refractivity contribution in [2.24, 2.45) is 0 Å². The molecular weight excluding hydrogens is 337 g/mol. The topological polar surface area (TPSA) is 61.4 Å². The summed E-state index contributed by atoms with van der Waals surface area (Å²) in [6.45, 7) is 5.68. The molecule has 0 aliphatic heterocycles. The summed E-state index contributed by atoms with van der Waals surface area (Å²) in [6.07, 6.45) is 1.75. The molecule has 1 rings (SSSR count). The van der Waals surface area contributed by atoms with Gasteiger partial charge in [-0.25, -0.2) is 0 Å². The van der Waals surface area contributed by atoms with E-state index in [4.69, 9.17) is 23.2 Å². The summed E-state index contributed by atoms with van der Waals surface area (Å²) in [6, 6.07) is 4.91. The van der Waals surface area contributed by atoms with Crippen LogP contribution < -0.4 is 10.6 Å². The van der Waals surface area contributed by atoms with Crippen molar-refractivity contribution in [3.63, 3.8) is 0 Å². The molecule has 2 amide bonds. The first-order valence-electron chi connectivity index (χ1n) is 7.70. The molecule has 0 radical (unpaired) electrons. The summed E-state index contributed by atoms with van der Waals surface area (Å²) in [4.78, 5) is 25.7. The summed E-state index contributed by atoms with van der Waals surface area (Å²) >= 11 is 11.8. The van der Waals surface area contributed by atoms with Crippen LogP contribution in [0.15, 0.2) is 18.2 Å².